The van der Waals surface area contributed by atoms with E-state index in [2.05, 4.69) is 26.9 Å². The second kappa shape index (κ2) is 10.6. The van der Waals surface area contributed by atoms with Crippen LogP contribution in [0.2, 0.25) is 0 Å². The summed E-state index contributed by atoms with van der Waals surface area (Å²) < 4.78 is 21.5. The fraction of sp³-hybridized carbons (Fsp3) is 0.423. The zero-order chi connectivity index (χ0) is 26.9. The molecule has 0 amide bonds. The highest BCUT2D eigenvalue weighted by Gasteiger charge is 2.31. The minimum atomic E-state index is -0.142. The lowest BCUT2D eigenvalue weighted by atomic mass is 10.2. The number of nitrogens with zero attached hydrogens (tertiary/aromatic N) is 8. The van der Waals surface area contributed by atoms with Crippen molar-refractivity contribution in [2.75, 3.05) is 69.6 Å². The van der Waals surface area contributed by atoms with Crippen LogP contribution < -0.4 is 26.2 Å². The van der Waals surface area contributed by atoms with Gasteiger partial charge in [-0.2, -0.15) is 4.98 Å². The number of aromatic nitrogens is 4. The van der Waals surface area contributed by atoms with Gasteiger partial charge >= 0.3 is 5.69 Å². The van der Waals surface area contributed by atoms with Crippen molar-refractivity contribution in [1.82, 2.24) is 23.6 Å². The summed E-state index contributed by atoms with van der Waals surface area (Å²) in [6, 6.07) is 11.8. The van der Waals surface area contributed by atoms with Crippen molar-refractivity contribution in [2.24, 2.45) is 17.9 Å². The van der Waals surface area contributed by atoms with Crippen molar-refractivity contribution in [3.63, 3.8) is 0 Å². The summed E-state index contributed by atoms with van der Waals surface area (Å²) in [5, 5.41) is 1.49. The lowest BCUT2D eigenvalue weighted by Crippen LogP contribution is -2.47. The molecule has 13 nitrogen and oxygen atoms in total. The highest BCUT2D eigenvalue weighted by atomic mass is 16.5. The molecule has 13 heteroatoms. The molecule has 3 aromatic heterocycles. The van der Waals surface area contributed by atoms with E-state index in [1.807, 2.05) is 24.3 Å². The van der Waals surface area contributed by atoms with E-state index in [1.165, 1.54) is 5.01 Å². The van der Waals surface area contributed by atoms with Gasteiger partial charge in [0.1, 0.15) is 30.4 Å². The van der Waals surface area contributed by atoms with Gasteiger partial charge in [-0.05, 0) is 24.3 Å². The van der Waals surface area contributed by atoms with E-state index in [1.54, 1.807) is 34.2 Å². The summed E-state index contributed by atoms with van der Waals surface area (Å²) >= 11 is 0. The number of anilines is 2. The number of nitrogens with two attached hydrogens (primary N) is 1. The second-order valence-electron chi connectivity index (χ2n) is 9.62. The third-order valence-corrected chi connectivity index (χ3v) is 7.25. The number of furan rings is 1. The highest BCUT2D eigenvalue weighted by molar-refractivity contribution is 6.14. The van der Waals surface area contributed by atoms with E-state index < -0.39 is 0 Å². The average molecular weight is 536 g/mol. The SMILES string of the molecule is COCCOc1cccc(N2CCN(CCn3c(=O)n(C)n4c5c(nc34)N(N)CN=C5c3ccco3)CC2)c1. The monoisotopic (exact) mass is 535 g/mol. The molecule has 2 aliphatic rings. The maximum absolute atomic E-state index is 13.3. The van der Waals surface area contributed by atoms with E-state index >= 15 is 0 Å². The summed E-state index contributed by atoms with van der Waals surface area (Å²) in [4.78, 5) is 27.3. The lowest BCUT2D eigenvalue weighted by Gasteiger charge is -2.36. The van der Waals surface area contributed by atoms with Crippen LogP contribution in [0.25, 0.3) is 5.78 Å². The van der Waals surface area contributed by atoms with Crippen LogP contribution in [0.5, 0.6) is 5.75 Å². The number of hydrazine groups is 1. The molecule has 1 aromatic carbocycles. The fourth-order valence-corrected chi connectivity index (χ4v) is 5.18. The van der Waals surface area contributed by atoms with Gasteiger partial charge in [-0.1, -0.05) is 6.07 Å². The molecule has 0 spiro atoms. The Morgan fingerprint density at radius 1 is 1.08 bits per heavy atom. The smallest absolute Gasteiger partial charge is 0.345 e. The van der Waals surface area contributed by atoms with Crippen LogP contribution in [-0.4, -0.2) is 89.1 Å². The first-order valence-electron chi connectivity index (χ1n) is 13.0. The maximum atomic E-state index is 13.3. The maximum Gasteiger partial charge on any atom is 0.345 e. The van der Waals surface area contributed by atoms with Crippen LogP contribution in [-0.2, 0) is 18.3 Å². The van der Waals surface area contributed by atoms with E-state index in [0.29, 0.717) is 48.5 Å². The topological polar surface area (TPSA) is 124 Å². The Kier molecular flexibility index (Phi) is 6.85. The predicted octanol–water partition coefficient (Wildman–Crippen LogP) is 0.764. The molecule has 0 saturated carbocycles. The first-order chi connectivity index (χ1) is 19.0. The first-order valence-corrected chi connectivity index (χ1v) is 13.0. The number of imidazole rings is 1. The molecule has 0 aliphatic carbocycles. The largest absolute Gasteiger partial charge is 0.491 e. The number of piperazine rings is 1. The molecule has 39 heavy (non-hydrogen) atoms. The van der Waals surface area contributed by atoms with E-state index in [-0.39, 0.29) is 12.4 Å². The minimum absolute atomic E-state index is 0.142. The molecule has 0 unspecified atom stereocenters. The molecule has 6 rings (SSSR count). The normalized spacial score (nSPS) is 16.1. The van der Waals surface area contributed by atoms with Crippen LogP contribution in [0.15, 0.2) is 56.9 Å². The molecule has 1 fully saturated rings. The van der Waals surface area contributed by atoms with Gasteiger partial charge in [0.15, 0.2) is 11.6 Å². The van der Waals surface area contributed by atoms with Crippen LogP contribution in [0.1, 0.15) is 11.5 Å². The summed E-state index contributed by atoms with van der Waals surface area (Å²) in [5.41, 5.74) is 2.28. The molecule has 1 saturated heterocycles. The fourth-order valence-electron chi connectivity index (χ4n) is 5.18. The second-order valence-corrected chi connectivity index (χ2v) is 9.62. The standard InChI is InChI=1S/C26H33N9O4/c1-30-26(36)33(25-29-24-23(35(25)30)22(28-18-34(24)27)21-7-4-14-39-21)13-10-31-8-11-32(12-9-31)19-5-3-6-20(17-19)38-16-15-37-2/h3-7,14,17H,8-13,15-16,18,27H2,1-2H3. The number of aryl methyl sites for hydroxylation is 1. The van der Waals surface area contributed by atoms with Gasteiger partial charge in [-0.15, -0.1) is 0 Å². The molecule has 0 bridgehead atoms. The quantitative estimate of drug-likeness (QED) is 0.244. The van der Waals surface area contributed by atoms with E-state index in [0.717, 1.165) is 44.2 Å². The van der Waals surface area contributed by atoms with Crippen molar-refractivity contribution in [3.05, 3.63) is 64.6 Å². The van der Waals surface area contributed by atoms with Crippen LogP contribution in [0.3, 0.4) is 0 Å². The number of hydrogen-bond acceptors (Lipinski definition) is 10. The van der Waals surface area contributed by atoms with Crippen LogP contribution >= 0.6 is 0 Å². The van der Waals surface area contributed by atoms with Crippen molar-refractivity contribution in [2.45, 2.75) is 6.54 Å². The number of ether oxygens (including phenoxy) is 2. The molecule has 4 aromatic rings. The van der Waals surface area contributed by atoms with E-state index in [4.69, 9.17) is 24.7 Å². The lowest BCUT2D eigenvalue weighted by molar-refractivity contribution is 0.146. The van der Waals surface area contributed by atoms with Crippen molar-refractivity contribution < 1.29 is 13.9 Å². The van der Waals surface area contributed by atoms with Crippen molar-refractivity contribution in [1.29, 1.82) is 0 Å². The van der Waals surface area contributed by atoms with Gasteiger partial charge in [-0.25, -0.2) is 19.8 Å². The third-order valence-electron chi connectivity index (χ3n) is 7.25. The molecular formula is C26H33N9O4. The van der Waals surface area contributed by atoms with Crippen LogP contribution in [0, 0.1) is 0 Å². The summed E-state index contributed by atoms with van der Waals surface area (Å²) in [7, 11) is 3.40. The highest BCUT2D eigenvalue weighted by Crippen LogP contribution is 2.27. The minimum Gasteiger partial charge on any atom is -0.491 e. The average Bonchev–Trinajstić information content (AvgIpc) is 3.68. The number of methoxy groups -OCH3 is 1. The summed E-state index contributed by atoms with van der Waals surface area (Å²) in [5.74, 6) is 8.77. The zero-order valence-corrected chi connectivity index (χ0v) is 22.2. The number of fused-ring (bicyclic) bond motifs is 3. The van der Waals surface area contributed by atoms with Crippen molar-refractivity contribution in [3.8, 4) is 5.75 Å². The Balaban J connectivity index is 1.15. The molecular weight excluding hydrogens is 502 g/mol. The molecule has 2 N–H and O–H groups in total. The van der Waals surface area contributed by atoms with Crippen LogP contribution in [0.4, 0.5) is 11.5 Å². The van der Waals surface area contributed by atoms with Crippen molar-refractivity contribution >= 4 is 23.0 Å². The Morgan fingerprint density at radius 2 is 1.92 bits per heavy atom. The number of hydrogen-bond donors (Lipinski definition) is 1. The molecule has 206 valence electrons. The zero-order valence-electron chi connectivity index (χ0n) is 22.2. The molecule has 2 aliphatic heterocycles. The Labute approximate surface area is 225 Å². The summed E-state index contributed by atoms with van der Waals surface area (Å²) in [6.45, 7) is 6.16. The van der Waals surface area contributed by atoms with E-state index in [9.17, 15) is 4.79 Å². The number of benzene rings is 1. The molecule has 0 atom stereocenters. The summed E-state index contributed by atoms with van der Waals surface area (Å²) in [6.07, 6.45) is 1.60. The Hall–Kier alpha value is -4.07. The van der Waals surface area contributed by atoms with Gasteiger partial charge < -0.3 is 18.8 Å². The Morgan fingerprint density at radius 3 is 2.69 bits per heavy atom. The third kappa shape index (κ3) is 4.68. The predicted molar refractivity (Wildman–Crippen MR) is 147 cm³/mol. The molecule has 5 heterocycles. The first kappa shape index (κ1) is 25.2. The van der Waals surface area contributed by atoms with Gasteiger partial charge in [0.25, 0.3) is 0 Å². The van der Waals surface area contributed by atoms with Gasteiger partial charge in [0.05, 0.1) is 12.9 Å². The Bertz CT molecular complexity index is 1530. The number of aliphatic imine (C=N–C) groups is 1. The van der Waals surface area contributed by atoms with Gasteiger partial charge in [0, 0.05) is 65.2 Å². The van der Waals surface area contributed by atoms with Gasteiger partial charge in [0.2, 0.25) is 5.78 Å². The molecule has 0 radical (unpaired) electrons. The number of rotatable bonds is 9. The van der Waals surface area contributed by atoms with Gasteiger partial charge in [-0.3, -0.25) is 19.5 Å².